The molecule has 0 unspecified atom stereocenters. The summed E-state index contributed by atoms with van der Waals surface area (Å²) in [6.07, 6.45) is 3.14. The van der Waals surface area contributed by atoms with Crippen molar-refractivity contribution in [1.29, 1.82) is 0 Å². The van der Waals surface area contributed by atoms with Gasteiger partial charge in [0.15, 0.2) is 0 Å². The summed E-state index contributed by atoms with van der Waals surface area (Å²) in [4.78, 5) is 0.122. The Labute approximate surface area is 181 Å². The van der Waals surface area contributed by atoms with Crippen LogP contribution in [0.2, 0.25) is 5.02 Å². The number of rotatable bonds is 5. The number of hydrogen-bond acceptors (Lipinski definition) is 4. The normalized spacial score (nSPS) is 15.5. The molecule has 30 heavy (non-hydrogen) atoms. The topological polar surface area (TPSA) is 52.6 Å². The van der Waals surface area contributed by atoms with Gasteiger partial charge < -0.3 is 4.74 Å². The highest BCUT2D eigenvalue weighted by atomic mass is 35.5. The molecule has 1 atom stereocenters. The first-order chi connectivity index (χ1) is 14.3. The second-order valence-electron chi connectivity index (χ2n) is 7.22. The Bertz CT molecular complexity index is 1210. The summed E-state index contributed by atoms with van der Waals surface area (Å²) in [6.45, 7) is 3.77. The summed E-state index contributed by atoms with van der Waals surface area (Å²) in [7, 11) is -3.87. The second-order valence-corrected chi connectivity index (χ2v) is 9.25. The van der Waals surface area contributed by atoms with Crippen LogP contribution in [0.5, 0.6) is 5.75 Å². The van der Waals surface area contributed by atoms with E-state index < -0.39 is 16.2 Å². The molecule has 1 heterocycles. The molecule has 3 aromatic carbocycles. The summed E-state index contributed by atoms with van der Waals surface area (Å²) >= 11 is 6.53. The van der Waals surface area contributed by atoms with Gasteiger partial charge in [-0.15, -0.1) is 0 Å². The molecular weight excluding hydrogens is 420 g/mol. The third-order valence-electron chi connectivity index (χ3n) is 5.01. The smallest absolute Gasteiger partial charge is 0.297 e. The number of hydrogen-bond donors (Lipinski definition) is 0. The molecule has 3 aromatic rings. The Morgan fingerprint density at radius 3 is 2.47 bits per heavy atom. The Kier molecular flexibility index (Phi) is 5.69. The van der Waals surface area contributed by atoms with Gasteiger partial charge in [-0.2, -0.15) is 8.42 Å². The van der Waals surface area contributed by atoms with Crippen LogP contribution in [0.3, 0.4) is 0 Å². The zero-order valence-electron chi connectivity index (χ0n) is 16.6. The summed E-state index contributed by atoms with van der Waals surface area (Å²) in [6, 6.07) is 18.2. The van der Waals surface area contributed by atoms with Crippen molar-refractivity contribution < 1.29 is 17.3 Å². The second kappa shape index (κ2) is 8.26. The highest BCUT2D eigenvalue weighted by Gasteiger charge is 2.24. The van der Waals surface area contributed by atoms with Gasteiger partial charge in [0.2, 0.25) is 0 Å². The lowest BCUT2D eigenvalue weighted by molar-refractivity contribution is 0.166. The molecule has 0 fully saturated rings. The van der Waals surface area contributed by atoms with Crippen LogP contribution in [0.4, 0.5) is 0 Å². The SMILES string of the molecule is Cc1ccc(S(=O)(=O)OC[C@H]2C=Cc3ccc(Cl)c(-c4ccccc4C)c3O2)cc1. The maximum absolute atomic E-state index is 12.5. The summed E-state index contributed by atoms with van der Waals surface area (Å²) in [5, 5.41) is 0.574. The molecule has 0 aliphatic carbocycles. The van der Waals surface area contributed by atoms with E-state index in [9.17, 15) is 8.42 Å². The summed E-state index contributed by atoms with van der Waals surface area (Å²) in [5.74, 6) is 0.626. The highest BCUT2D eigenvalue weighted by molar-refractivity contribution is 7.86. The first-order valence-corrected chi connectivity index (χ1v) is 11.3. The fourth-order valence-electron chi connectivity index (χ4n) is 3.36. The van der Waals surface area contributed by atoms with Gasteiger partial charge in [0.25, 0.3) is 10.1 Å². The average Bonchev–Trinajstić information content (AvgIpc) is 2.73. The maximum Gasteiger partial charge on any atom is 0.297 e. The third-order valence-corrected chi connectivity index (χ3v) is 6.62. The largest absolute Gasteiger partial charge is 0.483 e. The molecule has 0 bridgehead atoms. The Hall–Kier alpha value is -2.60. The van der Waals surface area contributed by atoms with Crippen molar-refractivity contribution in [1.82, 2.24) is 0 Å². The van der Waals surface area contributed by atoms with Gasteiger partial charge in [-0.1, -0.05) is 59.6 Å². The predicted molar refractivity (Wildman–Crippen MR) is 119 cm³/mol. The summed E-state index contributed by atoms with van der Waals surface area (Å²) < 4.78 is 36.4. The molecule has 0 saturated carbocycles. The lowest BCUT2D eigenvalue weighted by atomic mass is 9.96. The van der Waals surface area contributed by atoms with E-state index in [4.69, 9.17) is 20.5 Å². The Balaban J connectivity index is 1.59. The molecule has 0 N–H and O–H groups in total. The van der Waals surface area contributed by atoms with Crippen LogP contribution < -0.4 is 4.74 Å². The molecular formula is C24H21ClO4S. The van der Waals surface area contributed by atoms with Crippen LogP contribution in [0, 0.1) is 13.8 Å². The van der Waals surface area contributed by atoms with Gasteiger partial charge in [0.05, 0.1) is 9.92 Å². The van der Waals surface area contributed by atoms with E-state index in [0.717, 1.165) is 27.8 Å². The Morgan fingerprint density at radius 2 is 1.73 bits per heavy atom. The quantitative estimate of drug-likeness (QED) is 0.470. The Morgan fingerprint density at radius 1 is 1.00 bits per heavy atom. The molecule has 0 spiro atoms. The number of fused-ring (bicyclic) bond motifs is 1. The first kappa shape index (κ1) is 20.7. The van der Waals surface area contributed by atoms with Gasteiger partial charge >= 0.3 is 0 Å². The standard InChI is InChI=1S/C24H21ClO4S/c1-16-7-12-20(13-8-16)30(26,27)28-15-19-11-9-18-10-14-22(25)23(24(18)29-19)21-6-4-3-5-17(21)2/h3-14,19H,15H2,1-2H3/t19-/m1/s1. The number of aryl methyl sites for hydroxylation is 2. The average molecular weight is 441 g/mol. The molecule has 0 radical (unpaired) electrons. The molecule has 154 valence electrons. The van der Waals surface area contributed by atoms with Crippen LogP contribution in [0.1, 0.15) is 16.7 Å². The van der Waals surface area contributed by atoms with E-state index in [0.29, 0.717) is 10.8 Å². The van der Waals surface area contributed by atoms with Gasteiger partial charge in [-0.3, -0.25) is 4.18 Å². The fourth-order valence-corrected chi connectivity index (χ4v) is 4.53. The predicted octanol–water partition coefficient (Wildman–Crippen LogP) is 5.80. The molecule has 1 aliphatic rings. The molecule has 0 aromatic heterocycles. The van der Waals surface area contributed by atoms with Crippen molar-refractivity contribution in [3.63, 3.8) is 0 Å². The number of halogens is 1. The van der Waals surface area contributed by atoms with E-state index in [2.05, 4.69) is 0 Å². The van der Waals surface area contributed by atoms with Crippen molar-refractivity contribution in [3.05, 3.63) is 88.5 Å². The third kappa shape index (κ3) is 4.15. The summed E-state index contributed by atoms with van der Waals surface area (Å²) in [5.41, 5.74) is 4.70. The van der Waals surface area contributed by atoms with E-state index >= 15 is 0 Å². The minimum atomic E-state index is -3.87. The minimum Gasteiger partial charge on any atom is -0.483 e. The first-order valence-electron chi connectivity index (χ1n) is 9.54. The van der Waals surface area contributed by atoms with E-state index in [-0.39, 0.29) is 11.5 Å². The van der Waals surface area contributed by atoms with Crippen LogP contribution in [0.25, 0.3) is 17.2 Å². The monoisotopic (exact) mass is 440 g/mol. The van der Waals surface area contributed by atoms with Crippen molar-refractivity contribution in [2.45, 2.75) is 24.8 Å². The molecule has 0 saturated heterocycles. The fraction of sp³-hybridized carbons (Fsp3) is 0.167. The van der Waals surface area contributed by atoms with E-state index in [1.807, 2.05) is 56.3 Å². The molecule has 4 nitrogen and oxygen atoms in total. The molecule has 0 amide bonds. The van der Waals surface area contributed by atoms with Crippen molar-refractivity contribution >= 4 is 27.8 Å². The zero-order chi connectivity index (χ0) is 21.3. The van der Waals surface area contributed by atoms with Crippen molar-refractivity contribution in [2.24, 2.45) is 0 Å². The van der Waals surface area contributed by atoms with E-state index in [1.54, 1.807) is 18.2 Å². The van der Waals surface area contributed by atoms with Crippen LogP contribution in [-0.2, 0) is 14.3 Å². The van der Waals surface area contributed by atoms with E-state index in [1.165, 1.54) is 12.1 Å². The molecule has 4 rings (SSSR count). The van der Waals surface area contributed by atoms with Crippen LogP contribution in [-0.4, -0.2) is 21.1 Å². The van der Waals surface area contributed by atoms with Gasteiger partial charge in [0.1, 0.15) is 18.5 Å². The maximum atomic E-state index is 12.5. The van der Waals surface area contributed by atoms with Gasteiger partial charge in [-0.25, -0.2) is 0 Å². The van der Waals surface area contributed by atoms with Gasteiger partial charge in [0, 0.05) is 11.1 Å². The van der Waals surface area contributed by atoms with Crippen molar-refractivity contribution in [2.75, 3.05) is 6.61 Å². The lowest BCUT2D eigenvalue weighted by Crippen LogP contribution is -2.25. The molecule has 6 heteroatoms. The lowest BCUT2D eigenvalue weighted by Gasteiger charge is -2.25. The number of ether oxygens (including phenoxy) is 1. The zero-order valence-corrected chi connectivity index (χ0v) is 18.2. The molecule has 1 aliphatic heterocycles. The highest BCUT2D eigenvalue weighted by Crippen LogP contribution is 2.43. The van der Waals surface area contributed by atoms with Crippen molar-refractivity contribution in [3.8, 4) is 16.9 Å². The van der Waals surface area contributed by atoms with Crippen LogP contribution in [0.15, 0.2) is 71.6 Å². The minimum absolute atomic E-state index is 0.122. The van der Waals surface area contributed by atoms with Gasteiger partial charge in [-0.05, 0) is 55.3 Å². The van der Waals surface area contributed by atoms with Crippen LogP contribution >= 0.6 is 11.6 Å². The number of benzene rings is 3.